The molecule has 1 heterocycles. The molecule has 0 atom stereocenters. The van der Waals surface area contributed by atoms with Crippen molar-refractivity contribution in [3.63, 3.8) is 0 Å². The van der Waals surface area contributed by atoms with Crippen LogP contribution in [-0.4, -0.2) is 35.4 Å². The third-order valence-electron chi connectivity index (χ3n) is 2.04. The van der Waals surface area contributed by atoms with E-state index < -0.39 is 6.09 Å². The molecule has 0 aliphatic carbocycles. The molecule has 0 bridgehead atoms. The standard InChI is InChI=1S/C10H13FN4O3/c1-13-9(16)8-3-14-15(5-8)4-7(2-11)6-18-10(12)17/h2-3,5H,4,6H2,1H3,(H2,12,17)(H,13,16)/b7-2+. The Bertz CT molecular complexity index is 469. The molecule has 0 saturated carbocycles. The molecule has 98 valence electrons. The van der Waals surface area contributed by atoms with Crippen LogP contribution in [0.15, 0.2) is 24.3 Å². The SMILES string of the molecule is CNC(=O)c1cnn(C/C(=C\F)COC(N)=O)c1. The fraction of sp³-hybridized carbons (Fsp3) is 0.300. The third-order valence-corrected chi connectivity index (χ3v) is 2.04. The van der Waals surface area contributed by atoms with Crippen molar-refractivity contribution in [2.45, 2.75) is 6.54 Å². The van der Waals surface area contributed by atoms with Crippen molar-refractivity contribution >= 4 is 12.0 Å². The molecule has 7 nitrogen and oxygen atoms in total. The van der Waals surface area contributed by atoms with Gasteiger partial charge >= 0.3 is 6.09 Å². The van der Waals surface area contributed by atoms with Crippen LogP contribution < -0.4 is 11.1 Å². The molecule has 0 aromatic carbocycles. The van der Waals surface area contributed by atoms with Crippen LogP contribution in [0.25, 0.3) is 0 Å². The minimum absolute atomic E-state index is 0.0563. The molecule has 0 fully saturated rings. The maximum atomic E-state index is 12.5. The van der Waals surface area contributed by atoms with Crippen LogP contribution in [-0.2, 0) is 11.3 Å². The van der Waals surface area contributed by atoms with Gasteiger partial charge in [0.2, 0.25) is 0 Å². The number of carbonyl (C=O) groups is 2. The van der Waals surface area contributed by atoms with E-state index in [1.807, 2.05) is 0 Å². The molecule has 0 radical (unpaired) electrons. The van der Waals surface area contributed by atoms with Crippen molar-refractivity contribution in [2.75, 3.05) is 13.7 Å². The van der Waals surface area contributed by atoms with Gasteiger partial charge in [0.05, 0.1) is 24.6 Å². The Morgan fingerprint density at radius 2 is 2.39 bits per heavy atom. The van der Waals surface area contributed by atoms with Crippen LogP contribution in [0.4, 0.5) is 9.18 Å². The van der Waals surface area contributed by atoms with Crippen LogP contribution in [0, 0.1) is 0 Å². The van der Waals surface area contributed by atoms with E-state index >= 15 is 0 Å². The van der Waals surface area contributed by atoms with Crippen LogP contribution >= 0.6 is 0 Å². The zero-order valence-electron chi connectivity index (χ0n) is 9.72. The molecule has 0 spiro atoms. The van der Waals surface area contributed by atoms with Crippen LogP contribution in [0.1, 0.15) is 10.4 Å². The van der Waals surface area contributed by atoms with Gasteiger partial charge in [-0.05, 0) is 0 Å². The number of ether oxygens (including phenoxy) is 1. The predicted molar refractivity (Wildman–Crippen MR) is 60.3 cm³/mol. The number of hydrogen-bond donors (Lipinski definition) is 2. The highest BCUT2D eigenvalue weighted by Gasteiger charge is 2.08. The highest BCUT2D eigenvalue weighted by Crippen LogP contribution is 2.04. The largest absolute Gasteiger partial charge is 0.445 e. The predicted octanol–water partition coefficient (Wildman–Crippen LogP) is 0.191. The molecule has 0 aliphatic heterocycles. The van der Waals surface area contributed by atoms with Gasteiger partial charge < -0.3 is 15.8 Å². The lowest BCUT2D eigenvalue weighted by atomic mass is 10.3. The Kier molecular flexibility index (Phi) is 4.85. The van der Waals surface area contributed by atoms with Crippen molar-refractivity contribution in [3.8, 4) is 0 Å². The topological polar surface area (TPSA) is 99.2 Å². The molecule has 0 aliphatic rings. The number of aromatic nitrogens is 2. The summed E-state index contributed by atoms with van der Waals surface area (Å²) in [7, 11) is 1.49. The molecule has 18 heavy (non-hydrogen) atoms. The molecule has 8 heteroatoms. The minimum Gasteiger partial charge on any atom is -0.445 e. The first-order valence-electron chi connectivity index (χ1n) is 5.01. The van der Waals surface area contributed by atoms with Crippen LogP contribution in [0.2, 0.25) is 0 Å². The fourth-order valence-corrected chi connectivity index (χ4v) is 1.20. The summed E-state index contributed by atoms with van der Waals surface area (Å²) in [5, 5.41) is 6.31. The first-order chi connectivity index (χ1) is 8.56. The van der Waals surface area contributed by atoms with Crippen LogP contribution in [0.5, 0.6) is 0 Å². The summed E-state index contributed by atoms with van der Waals surface area (Å²) in [6, 6.07) is 0. The van der Waals surface area contributed by atoms with Crippen molar-refractivity contribution in [1.82, 2.24) is 15.1 Å². The second-order valence-corrected chi connectivity index (χ2v) is 3.38. The van der Waals surface area contributed by atoms with Gasteiger partial charge in [-0.2, -0.15) is 5.10 Å². The second-order valence-electron chi connectivity index (χ2n) is 3.38. The molecule has 1 aromatic rings. The van der Waals surface area contributed by atoms with Crippen LogP contribution in [0.3, 0.4) is 0 Å². The minimum atomic E-state index is -0.985. The quantitative estimate of drug-likeness (QED) is 0.785. The lowest BCUT2D eigenvalue weighted by molar-refractivity contribution is 0.0963. The molecular formula is C10H13FN4O3. The molecule has 2 amide bonds. The molecule has 3 N–H and O–H groups in total. The Balaban J connectivity index is 2.63. The average Bonchev–Trinajstić information content (AvgIpc) is 2.81. The van der Waals surface area contributed by atoms with Gasteiger partial charge in [-0.25, -0.2) is 9.18 Å². The van der Waals surface area contributed by atoms with Crippen molar-refractivity contribution in [2.24, 2.45) is 5.73 Å². The number of hydrogen-bond acceptors (Lipinski definition) is 4. The lowest BCUT2D eigenvalue weighted by Gasteiger charge is -2.05. The number of nitrogens with one attached hydrogen (secondary N) is 1. The van der Waals surface area contributed by atoms with E-state index in [1.54, 1.807) is 0 Å². The number of nitrogens with two attached hydrogens (primary N) is 1. The van der Waals surface area contributed by atoms with Crippen molar-refractivity contribution < 1.29 is 18.7 Å². The first-order valence-corrected chi connectivity index (χ1v) is 5.01. The smallest absolute Gasteiger partial charge is 0.404 e. The molecule has 0 saturated heterocycles. The van der Waals surface area contributed by atoms with E-state index in [-0.39, 0.29) is 24.6 Å². The van der Waals surface area contributed by atoms with Gasteiger partial charge in [-0.3, -0.25) is 9.48 Å². The van der Waals surface area contributed by atoms with E-state index in [4.69, 9.17) is 5.73 Å². The summed E-state index contributed by atoms with van der Waals surface area (Å²) in [4.78, 5) is 21.6. The number of halogens is 1. The summed E-state index contributed by atoms with van der Waals surface area (Å²) in [5.41, 5.74) is 5.28. The summed E-state index contributed by atoms with van der Waals surface area (Å²) in [6.07, 6.45) is 2.13. The summed E-state index contributed by atoms with van der Waals surface area (Å²) in [5.74, 6) is -0.291. The maximum absolute atomic E-state index is 12.5. The first kappa shape index (κ1) is 13.7. The van der Waals surface area contributed by atoms with Gasteiger partial charge in [0.15, 0.2) is 0 Å². The highest BCUT2D eigenvalue weighted by atomic mass is 19.1. The van der Waals surface area contributed by atoms with E-state index in [2.05, 4.69) is 15.2 Å². The van der Waals surface area contributed by atoms with E-state index in [0.717, 1.165) is 0 Å². The normalized spacial score (nSPS) is 11.1. The summed E-state index contributed by atoms with van der Waals surface area (Å²) < 4.78 is 18.3. The van der Waals surface area contributed by atoms with Gasteiger partial charge in [0.1, 0.15) is 6.61 Å². The molecular weight excluding hydrogens is 243 g/mol. The van der Waals surface area contributed by atoms with Gasteiger partial charge in [0.25, 0.3) is 5.91 Å². The van der Waals surface area contributed by atoms with E-state index in [1.165, 1.54) is 24.1 Å². The Morgan fingerprint density at radius 3 is 2.94 bits per heavy atom. The highest BCUT2D eigenvalue weighted by molar-refractivity contribution is 5.93. The van der Waals surface area contributed by atoms with Gasteiger partial charge in [-0.15, -0.1) is 0 Å². The van der Waals surface area contributed by atoms with Gasteiger partial charge in [-0.1, -0.05) is 0 Å². The second kappa shape index (κ2) is 6.38. The third kappa shape index (κ3) is 3.89. The zero-order valence-corrected chi connectivity index (χ0v) is 9.72. The maximum Gasteiger partial charge on any atom is 0.404 e. The van der Waals surface area contributed by atoms with E-state index in [9.17, 15) is 14.0 Å². The molecule has 1 rings (SSSR count). The monoisotopic (exact) mass is 256 g/mol. The number of primary amides is 1. The number of rotatable bonds is 5. The van der Waals surface area contributed by atoms with Crippen molar-refractivity contribution in [1.29, 1.82) is 0 Å². The zero-order chi connectivity index (χ0) is 13.5. The fourth-order valence-electron chi connectivity index (χ4n) is 1.20. The molecule has 1 aromatic heterocycles. The van der Waals surface area contributed by atoms with E-state index in [0.29, 0.717) is 11.9 Å². The average molecular weight is 256 g/mol. The number of carbonyl (C=O) groups excluding carboxylic acids is 2. The molecule has 0 unspecified atom stereocenters. The number of nitrogens with zero attached hydrogens (tertiary/aromatic N) is 2. The van der Waals surface area contributed by atoms with Gasteiger partial charge in [0, 0.05) is 18.8 Å². The Labute approximate surface area is 102 Å². The Hall–Kier alpha value is -2.38. The summed E-state index contributed by atoms with van der Waals surface area (Å²) in [6.45, 7) is -0.207. The Morgan fingerprint density at radius 1 is 1.67 bits per heavy atom. The number of amides is 2. The lowest BCUT2D eigenvalue weighted by Crippen LogP contribution is -2.17. The van der Waals surface area contributed by atoms with Crippen molar-refractivity contribution in [3.05, 3.63) is 29.9 Å². The summed E-state index contributed by atoms with van der Waals surface area (Å²) >= 11 is 0.